The van der Waals surface area contributed by atoms with E-state index in [1.54, 1.807) is 18.3 Å². The Morgan fingerprint density at radius 3 is 2.00 bits per heavy atom. The molecule has 2 aromatic heterocycles. The second-order valence-electron chi connectivity index (χ2n) is 3.29. The Morgan fingerprint density at radius 1 is 1.05 bits per heavy atom. The molecule has 0 atom stereocenters. The number of halogens is 2. The van der Waals surface area contributed by atoms with Crippen LogP contribution in [0.3, 0.4) is 0 Å². The average Bonchev–Trinajstić information content (AvgIpc) is 2.41. The number of rotatable bonds is 2. The maximum absolute atomic E-state index is 10.2. The van der Waals surface area contributed by atoms with Crippen LogP contribution in [0.15, 0.2) is 45.6 Å². The highest BCUT2D eigenvalue weighted by molar-refractivity contribution is 9.10. The van der Waals surface area contributed by atoms with Crippen LogP contribution in [0.2, 0.25) is 0 Å². The summed E-state index contributed by atoms with van der Waals surface area (Å²) in [6.45, 7) is 0.00722. The number of aliphatic hydroxyl groups excluding tert-OH is 1. The Balaban J connectivity index is 0.000000191. The van der Waals surface area contributed by atoms with Crippen molar-refractivity contribution >= 4 is 37.8 Å². The van der Waals surface area contributed by atoms with E-state index in [1.165, 1.54) is 12.3 Å². The Labute approximate surface area is 126 Å². The number of aromatic nitrogens is 2. The fourth-order valence-corrected chi connectivity index (χ4v) is 1.47. The van der Waals surface area contributed by atoms with E-state index in [0.29, 0.717) is 5.69 Å². The molecule has 0 aliphatic heterocycles. The number of hydrogen-bond acceptors (Lipinski definition) is 4. The summed E-state index contributed by atoms with van der Waals surface area (Å²) in [5.74, 6) is -1.01. The quantitative estimate of drug-likeness (QED) is 0.824. The Kier molecular flexibility index (Phi) is 6.61. The third-order valence-electron chi connectivity index (χ3n) is 1.90. The van der Waals surface area contributed by atoms with Gasteiger partial charge in [0.2, 0.25) is 0 Å². The van der Waals surface area contributed by atoms with Crippen molar-refractivity contribution in [3.8, 4) is 0 Å². The molecule has 0 radical (unpaired) electrons. The van der Waals surface area contributed by atoms with Gasteiger partial charge in [0.1, 0.15) is 5.69 Å². The van der Waals surface area contributed by atoms with E-state index >= 15 is 0 Å². The molecule has 0 bridgehead atoms. The minimum atomic E-state index is -1.01. The van der Waals surface area contributed by atoms with Gasteiger partial charge in [-0.1, -0.05) is 0 Å². The van der Waals surface area contributed by atoms with E-state index in [9.17, 15) is 4.79 Å². The van der Waals surface area contributed by atoms with Crippen molar-refractivity contribution in [2.24, 2.45) is 0 Å². The lowest BCUT2D eigenvalue weighted by atomic mass is 10.4. The number of nitrogens with zero attached hydrogens (tertiary/aromatic N) is 2. The van der Waals surface area contributed by atoms with Crippen LogP contribution in [0, 0.1) is 0 Å². The Morgan fingerprint density at radius 2 is 1.63 bits per heavy atom. The number of carboxylic acid groups (broad SMARTS) is 1. The van der Waals surface area contributed by atoms with Crippen LogP contribution in [0.1, 0.15) is 16.2 Å². The molecule has 0 aromatic carbocycles. The summed E-state index contributed by atoms with van der Waals surface area (Å²) in [6.07, 6.45) is 3.11. The van der Waals surface area contributed by atoms with Crippen LogP contribution in [-0.4, -0.2) is 26.2 Å². The van der Waals surface area contributed by atoms with Gasteiger partial charge < -0.3 is 10.2 Å². The largest absolute Gasteiger partial charge is 0.477 e. The van der Waals surface area contributed by atoms with Gasteiger partial charge in [-0.2, -0.15) is 0 Å². The predicted octanol–water partition coefficient (Wildman–Crippen LogP) is 2.88. The maximum atomic E-state index is 10.2. The molecular formula is C12H10Br2N2O3. The van der Waals surface area contributed by atoms with Gasteiger partial charge in [0.25, 0.3) is 0 Å². The molecule has 0 saturated carbocycles. The van der Waals surface area contributed by atoms with Crippen molar-refractivity contribution in [2.45, 2.75) is 6.61 Å². The van der Waals surface area contributed by atoms with Gasteiger partial charge in [-0.05, 0) is 56.1 Å². The minimum Gasteiger partial charge on any atom is -0.477 e. The summed E-state index contributed by atoms with van der Waals surface area (Å²) in [5.41, 5.74) is 0.751. The number of carbonyl (C=O) groups is 1. The molecule has 100 valence electrons. The molecule has 0 unspecified atom stereocenters. The standard InChI is InChI=1S/C6H4BrNO2.C6H6BrNO/c7-4-1-2-5(6(9)10)8-3-4;7-5-1-2-6(4-9)8-3-5/h1-3H,(H,9,10);1-3,9H,4H2. The minimum absolute atomic E-state index is 0.00722. The maximum Gasteiger partial charge on any atom is 0.354 e. The second-order valence-corrected chi connectivity index (χ2v) is 5.12. The molecule has 0 fully saturated rings. The molecule has 0 spiro atoms. The first-order valence-electron chi connectivity index (χ1n) is 5.09. The first-order chi connectivity index (χ1) is 9.02. The normalized spacial score (nSPS) is 9.42. The van der Waals surface area contributed by atoms with Gasteiger partial charge in [-0.3, -0.25) is 4.98 Å². The van der Waals surface area contributed by atoms with Crippen LogP contribution in [-0.2, 0) is 6.61 Å². The zero-order valence-electron chi connectivity index (χ0n) is 9.62. The van der Waals surface area contributed by atoms with Crippen LogP contribution >= 0.6 is 31.9 Å². The van der Waals surface area contributed by atoms with E-state index in [2.05, 4.69) is 41.8 Å². The zero-order chi connectivity index (χ0) is 14.3. The van der Waals surface area contributed by atoms with Gasteiger partial charge in [-0.15, -0.1) is 0 Å². The van der Waals surface area contributed by atoms with E-state index in [4.69, 9.17) is 10.2 Å². The van der Waals surface area contributed by atoms with E-state index in [1.807, 2.05) is 6.07 Å². The summed E-state index contributed by atoms with van der Waals surface area (Å²) < 4.78 is 1.71. The Hall–Kier alpha value is -1.31. The lowest BCUT2D eigenvalue weighted by molar-refractivity contribution is 0.0690. The molecular weight excluding hydrogens is 380 g/mol. The number of carboxylic acids is 1. The van der Waals surface area contributed by atoms with Crippen molar-refractivity contribution in [3.63, 3.8) is 0 Å². The molecule has 19 heavy (non-hydrogen) atoms. The number of aromatic carboxylic acids is 1. The molecule has 7 heteroatoms. The van der Waals surface area contributed by atoms with Crippen LogP contribution in [0.5, 0.6) is 0 Å². The van der Waals surface area contributed by atoms with Gasteiger partial charge >= 0.3 is 5.97 Å². The highest BCUT2D eigenvalue weighted by atomic mass is 79.9. The van der Waals surface area contributed by atoms with E-state index in [0.717, 1.165) is 8.95 Å². The SMILES string of the molecule is O=C(O)c1ccc(Br)cn1.OCc1ccc(Br)cn1. The topological polar surface area (TPSA) is 83.3 Å². The molecule has 2 aromatic rings. The van der Waals surface area contributed by atoms with E-state index in [-0.39, 0.29) is 12.3 Å². The van der Waals surface area contributed by atoms with Gasteiger partial charge in [0.15, 0.2) is 0 Å². The zero-order valence-corrected chi connectivity index (χ0v) is 12.8. The van der Waals surface area contributed by atoms with Crippen molar-refractivity contribution in [1.29, 1.82) is 0 Å². The molecule has 0 aliphatic carbocycles. The summed E-state index contributed by atoms with van der Waals surface area (Å²) in [5, 5.41) is 16.9. The summed E-state index contributed by atoms with van der Waals surface area (Å²) >= 11 is 6.37. The molecule has 5 nitrogen and oxygen atoms in total. The van der Waals surface area contributed by atoms with Crippen LogP contribution < -0.4 is 0 Å². The molecule has 2 heterocycles. The number of aliphatic hydroxyl groups is 1. The van der Waals surface area contributed by atoms with Crippen molar-refractivity contribution < 1.29 is 15.0 Å². The monoisotopic (exact) mass is 388 g/mol. The van der Waals surface area contributed by atoms with Gasteiger partial charge in [0, 0.05) is 21.3 Å². The number of pyridine rings is 2. The number of hydrogen-bond donors (Lipinski definition) is 2. The summed E-state index contributed by atoms with van der Waals surface area (Å²) in [7, 11) is 0. The van der Waals surface area contributed by atoms with Gasteiger partial charge in [-0.25, -0.2) is 9.78 Å². The predicted molar refractivity (Wildman–Crippen MR) is 76.8 cm³/mol. The fraction of sp³-hybridized carbons (Fsp3) is 0.0833. The lowest BCUT2D eigenvalue weighted by Gasteiger charge is -1.91. The van der Waals surface area contributed by atoms with Crippen molar-refractivity contribution in [2.75, 3.05) is 0 Å². The third-order valence-corrected chi connectivity index (χ3v) is 2.84. The molecule has 2 rings (SSSR count). The summed E-state index contributed by atoms with van der Waals surface area (Å²) in [6, 6.07) is 6.69. The molecule has 0 amide bonds. The highest BCUT2D eigenvalue weighted by Crippen LogP contribution is 2.07. The first kappa shape index (κ1) is 15.7. The van der Waals surface area contributed by atoms with Crippen molar-refractivity contribution in [1.82, 2.24) is 9.97 Å². The van der Waals surface area contributed by atoms with Crippen LogP contribution in [0.25, 0.3) is 0 Å². The third kappa shape index (κ3) is 5.91. The molecule has 0 saturated heterocycles. The Bertz CT molecular complexity index is 530. The highest BCUT2D eigenvalue weighted by Gasteiger charge is 2.01. The average molecular weight is 390 g/mol. The van der Waals surface area contributed by atoms with Gasteiger partial charge in [0.05, 0.1) is 12.3 Å². The first-order valence-corrected chi connectivity index (χ1v) is 6.67. The molecule has 0 aliphatic rings. The van der Waals surface area contributed by atoms with E-state index < -0.39 is 5.97 Å². The summed E-state index contributed by atoms with van der Waals surface area (Å²) in [4.78, 5) is 17.8. The smallest absolute Gasteiger partial charge is 0.354 e. The molecule has 2 N–H and O–H groups in total. The lowest BCUT2D eigenvalue weighted by Crippen LogP contribution is -1.98. The fourth-order valence-electron chi connectivity index (χ4n) is 1.00. The van der Waals surface area contributed by atoms with Crippen LogP contribution in [0.4, 0.5) is 0 Å². The second kappa shape index (κ2) is 7.98. The van der Waals surface area contributed by atoms with Crippen molar-refractivity contribution in [3.05, 3.63) is 57.0 Å².